The van der Waals surface area contributed by atoms with Gasteiger partial charge in [0.1, 0.15) is 34.2 Å². The van der Waals surface area contributed by atoms with Crippen LogP contribution in [-0.2, 0) is 0 Å². The summed E-state index contributed by atoms with van der Waals surface area (Å²) in [5.74, 6) is 0.679. The van der Waals surface area contributed by atoms with Gasteiger partial charge in [-0.15, -0.1) is 0 Å². The van der Waals surface area contributed by atoms with E-state index in [1.54, 1.807) is 64.1 Å². The van der Waals surface area contributed by atoms with Crippen LogP contribution in [0.15, 0.2) is 68.7 Å². The number of hydrogen-bond acceptors (Lipinski definition) is 6. The maximum Gasteiger partial charge on any atom is 0.133 e. The van der Waals surface area contributed by atoms with Crippen molar-refractivity contribution in [3.8, 4) is 11.5 Å². The Bertz CT molecular complexity index is 856. The third-order valence-corrected chi connectivity index (χ3v) is 3.96. The Labute approximate surface area is 164 Å². The average molecular weight is 382 g/mol. The number of aliphatic imine (C=N–C) groups is 2. The minimum absolute atomic E-state index is 0.102. The zero-order chi connectivity index (χ0) is 20.9. The number of aromatic hydroxyl groups is 2. The molecule has 0 aliphatic heterocycles. The van der Waals surface area contributed by atoms with E-state index >= 15 is 0 Å². The van der Waals surface area contributed by atoms with Crippen LogP contribution in [-0.4, -0.2) is 33.0 Å². The number of nitrogens with zero attached hydrogens (tertiary/aromatic N) is 4. The van der Waals surface area contributed by atoms with Crippen LogP contribution in [0.2, 0.25) is 0 Å². The third-order valence-electron chi connectivity index (χ3n) is 3.96. The molecule has 0 saturated heterocycles. The summed E-state index contributed by atoms with van der Waals surface area (Å²) < 4.78 is 0. The van der Waals surface area contributed by atoms with Crippen molar-refractivity contribution in [3.05, 3.63) is 48.5 Å². The summed E-state index contributed by atoms with van der Waals surface area (Å²) >= 11 is 0. The first-order valence-corrected chi connectivity index (χ1v) is 8.71. The number of phenolic OH excluding ortho intramolecular Hbond substituents is 2. The lowest BCUT2D eigenvalue weighted by Gasteiger charge is -2.22. The van der Waals surface area contributed by atoms with Crippen LogP contribution in [0.4, 0.5) is 11.4 Å². The standard InChI is InChI=1S/C20H26N6O2/c1-19(2,17(21)23-13-7-5-9-15(27)11-13)25-26-20(3,4)18(22)24-14-8-6-10-16(28)12-14/h5-12,27-28H,1-4H3,(H2,21,23)(H2,22,24). The van der Waals surface area contributed by atoms with Crippen molar-refractivity contribution in [3.63, 3.8) is 0 Å². The largest absolute Gasteiger partial charge is 0.508 e. The molecule has 8 heteroatoms. The lowest BCUT2D eigenvalue weighted by atomic mass is 10.0. The van der Waals surface area contributed by atoms with Gasteiger partial charge in [-0.2, -0.15) is 10.2 Å². The molecule has 2 aromatic carbocycles. The lowest BCUT2D eigenvalue weighted by molar-refractivity contribution is 0.475. The molecule has 2 rings (SSSR count). The SMILES string of the molecule is CC(C)(N=NC(C)(C)C(N)=Nc1cccc(O)c1)C(N)=Nc1cccc(O)c1. The maximum atomic E-state index is 9.54. The van der Waals surface area contributed by atoms with E-state index < -0.39 is 11.1 Å². The number of rotatable bonds is 6. The maximum absolute atomic E-state index is 9.54. The van der Waals surface area contributed by atoms with Gasteiger partial charge in [-0.1, -0.05) is 12.1 Å². The van der Waals surface area contributed by atoms with Crippen LogP contribution in [0, 0.1) is 0 Å². The second-order valence-corrected chi connectivity index (χ2v) is 7.35. The van der Waals surface area contributed by atoms with Crippen molar-refractivity contribution in [2.75, 3.05) is 0 Å². The fourth-order valence-corrected chi connectivity index (χ4v) is 2.03. The highest BCUT2D eigenvalue weighted by molar-refractivity contribution is 5.92. The number of amidine groups is 2. The molecular weight excluding hydrogens is 356 g/mol. The minimum atomic E-state index is -0.895. The second-order valence-electron chi connectivity index (χ2n) is 7.35. The smallest absolute Gasteiger partial charge is 0.133 e. The predicted molar refractivity (Wildman–Crippen MR) is 112 cm³/mol. The quantitative estimate of drug-likeness (QED) is 0.342. The second kappa shape index (κ2) is 8.08. The minimum Gasteiger partial charge on any atom is -0.508 e. The van der Waals surface area contributed by atoms with Crippen molar-refractivity contribution in [2.24, 2.45) is 31.7 Å². The summed E-state index contributed by atoms with van der Waals surface area (Å²) in [6.07, 6.45) is 0. The van der Waals surface area contributed by atoms with E-state index in [2.05, 4.69) is 20.2 Å². The first-order valence-electron chi connectivity index (χ1n) is 8.71. The number of hydrogen-bond donors (Lipinski definition) is 4. The molecule has 0 radical (unpaired) electrons. The molecule has 0 aliphatic carbocycles. The first kappa shape index (κ1) is 20.9. The molecule has 0 fully saturated rings. The third kappa shape index (κ3) is 5.54. The topological polar surface area (TPSA) is 142 Å². The van der Waals surface area contributed by atoms with Gasteiger partial charge in [0, 0.05) is 12.1 Å². The summed E-state index contributed by atoms with van der Waals surface area (Å²) in [6.45, 7) is 7.10. The molecule has 0 heterocycles. The van der Waals surface area contributed by atoms with Crippen molar-refractivity contribution in [1.82, 2.24) is 0 Å². The Morgan fingerprint density at radius 1 is 0.714 bits per heavy atom. The molecule has 0 spiro atoms. The molecule has 28 heavy (non-hydrogen) atoms. The Morgan fingerprint density at radius 2 is 1.07 bits per heavy atom. The molecule has 0 amide bonds. The molecular formula is C20H26N6O2. The van der Waals surface area contributed by atoms with Gasteiger partial charge in [0.15, 0.2) is 0 Å². The average Bonchev–Trinajstić information content (AvgIpc) is 2.60. The number of benzene rings is 2. The summed E-state index contributed by atoms with van der Waals surface area (Å²) in [5.41, 5.74) is 11.5. The Kier molecular flexibility index (Phi) is 6.03. The fraction of sp³-hybridized carbons (Fsp3) is 0.300. The van der Waals surface area contributed by atoms with E-state index in [1.165, 1.54) is 12.1 Å². The Morgan fingerprint density at radius 3 is 1.39 bits per heavy atom. The summed E-state index contributed by atoms with van der Waals surface area (Å²) in [5, 5.41) is 27.7. The first-order chi connectivity index (χ1) is 13.0. The number of phenols is 2. The zero-order valence-electron chi connectivity index (χ0n) is 16.5. The van der Waals surface area contributed by atoms with E-state index in [-0.39, 0.29) is 23.2 Å². The van der Waals surface area contributed by atoms with E-state index in [1.807, 2.05) is 0 Å². The zero-order valence-corrected chi connectivity index (χ0v) is 16.5. The Hall–Kier alpha value is -3.42. The number of nitrogens with two attached hydrogens (primary N) is 2. The van der Waals surface area contributed by atoms with Crippen LogP contribution in [0.5, 0.6) is 11.5 Å². The highest BCUT2D eigenvalue weighted by atomic mass is 16.3. The summed E-state index contributed by atoms with van der Waals surface area (Å²) in [7, 11) is 0. The molecule has 0 aromatic heterocycles. The van der Waals surface area contributed by atoms with Crippen molar-refractivity contribution in [2.45, 2.75) is 38.8 Å². The highest BCUT2D eigenvalue weighted by Crippen LogP contribution is 2.23. The van der Waals surface area contributed by atoms with Gasteiger partial charge >= 0.3 is 0 Å². The van der Waals surface area contributed by atoms with E-state index in [4.69, 9.17) is 11.5 Å². The fourth-order valence-electron chi connectivity index (χ4n) is 2.03. The van der Waals surface area contributed by atoms with Gasteiger partial charge in [-0.3, -0.25) is 0 Å². The molecule has 6 N–H and O–H groups in total. The lowest BCUT2D eigenvalue weighted by Crippen LogP contribution is -2.39. The molecule has 0 aliphatic rings. The van der Waals surface area contributed by atoms with Gasteiger partial charge < -0.3 is 21.7 Å². The van der Waals surface area contributed by atoms with Gasteiger partial charge in [0.2, 0.25) is 0 Å². The van der Waals surface area contributed by atoms with Crippen LogP contribution in [0.3, 0.4) is 0 Å². The summed E-state index contributed by atoms with van der Waals surface area (Å²) in [4.78, 5) is 8.61. The highest BCUT2D eigenvalue weighted by Gasteiger charge is 2.27. The van der Waals surface area contributed by atoms with Gasteiger partial charge in [-0.05, 0) is 52.0 Å². The van der Waals surface area contributed by atoms with Gasteiger partial charge in [0.25, 0.3) is 0 Å². The molecule has 2 aromatic rings. The molecule has 0 bridgehead atoms. The molecule has 0 atom stereocenters. The van der Waals surface area contributed by atoms with Crippen molar-refractivity contribution >= 4 is 23.0 Å². The Balaban J connectivity index is 2.23. The van der Waals surface area contributed by atoms with E-state index in [0.717, 1.165) is 0 Å². The van der Waals surface area contributed by atoms with Crippen LogP contribution in [0.25, 0.3) is 0 Å². The van der Waals surface area contributed by atoms with Crippen molar-refractivity contribution < 1.29 is 10.2 Å². The van der Waals surface area contributed by atoms with Crippen LogP contribution < -0.4 is 11.5 Å². The van der Waals surface area contributed by atoms with Gasteiger partial charge in [0.05, 0.1) is 11.4 Å². The van der Waals surface area contributed by atoms with E-state index in [0.29, 0.717) is 11.4 Å². The van der Waals surface area contributed by atoms with E-state index in [9.17, 15) is 10.2 Å². The van der Waals surface area contributed by atoms with Crippen LogP contribution in [0.1, 0.15) is 27.7 Å². The van der Waals surface area contributed by atoms with Gasteiger partial charge in [-0.25, -0.2) is 9.98 Å². The normalized spacial score (nSPS) is 13.9. The monoisotopic (exact) mass is 382 g/mol. The predicted octanol–water partition coefficient (Wildman–Crippen LogP) is 3.78. The molecule has 0 saturated carbocycles. The molecule has 0 unspecified atom stereocenters. The summed E-state index contributed by atoms with van der Waals surface area (Å²) in [6, 6.07) is 12.9. The molecule has 148 valence electrons. The molecule has 8 nitrogen and oxygen atoms in total. The number of azo groups is 1. The van der Waals surface area contributed by atoms with Crippen LogP contribution >= 0.6 is 0 Å². The van der Waals surface area contributed by atoms with Crippen molar-refractivity contribution in [1.29, 1.82) is 0 Å².